The molecule has 1 saturated heterocycles. The van der Waals surface area contributed by atoms with Crippen LogP contribution in [0, 0.1) is 5.41 Å². The average Bonchev–Trinajstić information content (AvgIpc) is 2.38. The van der Waals surface area contributed by atoms with Crippen molar-refractivity contribution in [1.82, 2.24) is 5.32 Å². The number of carbonyl (C=O) groups excluding carboxylic acids is 1. The molecule has 0 aromatic rings. The van der Waals surface area contributed by atoms with Gasteiger partial charge in [0, 0.05) is 19.8 Å². The van der Waals surface area contributed by atoms with E-state index in [1.807, 2.05) is 6.92 Å². The maximum Gasteiger partial charge on any atom is 0.326 e. The molecule has 0 aliphatic carbocycles. The molecule has 1 aliphatic rings. The van der Waals surface area contributed by atoms with Crippen LogP contribution in [0.2, 0.25) is 0 Å². The third-order valence-electron chi connectivity index (χ3n) is 3.50. The maximum atomic E-state index is 12.2. The van der Waals surface area contributed by atoms with Gasteiger partial charge in [0.1, 0.15) is 6.04 Å². The van der Waals surface area contributed by atoms with Crippen molar-refractivity contribution in [3.05, 3.63) is 0 Å². The van der Waals surface area contributed by atoms with E-state index in [2.05, 4.69) is 5.32 Å². The van der Waals surface area contributed by atoms with Gasteiger partial charge in [-0.1, -0.05) is 13.3 Å². The summed E-state index contributed by atoms with van der Waals surface area (Å²) >= 11 is 0. The minimum atomic E-state index is -0.996. The molecular weight excluding hydrogens is 236 g/mol. The molecule has 104 valence electrons. The molecular formula is C12H22N2O4. The fourth-order valence-corrected chi connectivity index (χ4v) is 2.14. The lowest BCUT2D eigenvalue weighted by atomic mass is 9.79. The van der Waals surface area contributed by atoms with Crippen molar-refractivity contribution in [2.24, 2.45) is 11.1 Å². The minimum Gasteiger partial charge on any atom is -0.480 e. The number of carboxylic acid groups (broad SMARTS) is 1. The number of carboxylic acids is 1. The quantitative estimate of drug-likeness (QED) is 0.627. The average molecular weight is 258 g/mol. The third kappa shape index (κ3) is 3.43. The molecule has 0 unspecified atom stereocenters. The maximum absolute atomic E-state index is 12.2. The number of amides is 1. The van der Waals surface area contributed by atoms with Crippen LogP contribution in [0.25, 0.3) is 0 Å². The van der Waals surface area contributed by atoms with Gasteiger partial charge in [-0.2, -0.15) is 0 Å². The summed E-state index contributed by atoms with van der Waals surface area (Å²) < 4.78 is 5.22. The number of aliphatic carboxylic acids is 1. The van der Waals surface area contributed by atoms with E-state index < -0.39 is 17.4 Å². The molecule has 0 aromatic carbocycles. The number of hydrogen-bond acceptors (Lipinski definition) is 4. The molecule has 0 spiro atoms. The van der Waals surface area contributed by atoms with Gasteiger partial charge >= 0.3 is 5.97 Å². The molecule has 18 heavy (non-hydrogen) atoms. The molecule has 0 radical (unpaired) electrons. The number of ether oxygens (including phenoxy) is 1. The highest BCUT2D eigenvalue weighted by Crippen LogP contribution is 2.29. The first-order chi connectivity index (χ1) is 8.55. The first-order valence-electron chi connectivity index (χ1n) is 6.37. The van der Waals surface area contributed by atoms with Crippen molar-refractivity contribution < 1.29 is 19.4 Å². The molecule has 1 amide bonds. The number of nitrogens with two attached hydrogens (primary N) is 1. The topological polar surface area (TPSA) is 102 Å². The summed E-state index contributed by atoms with van der Waals surface area (Å²) in [6, 6.07) is -0.825. The predicted octanol–water partition coefficient (Wildman–Crippen LogP) is 0.111. The summed E-state index contributed by atoms with van der Waals surface area (Å²) in [6.45, 7) is 3.10. The molecule has 1 rings (SSSR count). The first-order valence-corrected chi connectivity index (χ1v) is 6.37. The highest BCUT2D eigenvalue weighted by molar-refractivity contribution is 5.87. The zero-order valence-electron chi connectivity index (χ0n) is 10.8. The molecule has 6 nitrogen and oxygen atoms in total. The van der Waals surface area contributed by atoms with E-state index in [4.69, 9.17) is 15.6 Å². The van der Waals surface area contributed by atoms with Gasteiger partial charge in [0.15, 0.2) is 0 Å². The Hall–Kier alpha value is -1.14. The van der Waals surface area contributed by atoms with Crippen LogP contribution in [0.15, 0.2) is 0 Å². The predicted molar refractivity (Wildman–Crippen MR) is 66.0 cm³/mol. The summed E-state index contributed by atoms with van der Waals surface area (Å²) in [5.41, 5.74) is 5.03. The second-order valence-corrected chi connectivity index (χ2v) is 4.75. The van der Waals surface area contributed by atoms with E-state index in [0.717, 1.165) is 0 Å². The van der Waals surface area contributed by atoms with E-state index in [1.54, 1.807) is 0 Å². The van der Waals surface area contributed by atoms with Crippen LogP contribution in [0.4, 0.5) is 0 Å². The molecule has 1 heterocycles. The monoisotopic (exact) mass is 258 g/mol. The molecule has 0 saturated carbocycles. The Labute approximate surface area is 107 Å². The van der Waals surface area contributed by atoms with Crippen molar-refractivity contribution in [2.75, 3.05) is 19.8 Å². The van der Waals surface area contributed by atoms with Crippen LogP contribution < -0.4 is 11.1 Å². The molecule has 1 aliphatic heterocycles. The Morgan fingerprint density at radius 1 is 1.44 bits per heavy atom. The second-order valence-electron chi connectivity index (χ2n) is 4.75. The van der Waals surface area contributed by atoms with Crippen LogP contribution in [-0.4, -0.2) is 42.8 Å². The Bertz CT molecular complexity index is 300. The van der Waals surface area contributed by atoms with Gasteiger partial charge in [-0.05, 0) is 19.3 Å². The van der Waals surface area contributed by atoms with Crippen molar-refractivity contribution in [1.29, 1.82) is 0 Å². The van der Waals surface area contributed by atoms with E-state index in [0.29, 0.717) is 38.9 Å². The van der Waals surface area contributed by atoms with Gasteiger partial charge in [0.25, 0.3) is 0 Å². The van der Waals surface area contributed by atoms with E-state index in [-0.39, 0.29) is 12.5 Å². The minimum absolute atomic E-state index is 0.223. The van der Waals surface area contributed by atoms with Gasteiger partial charge in [-0.25, -0.2) is 4.79 Å². The van der Waals surface area contributed by atoms with Crippen molar-refractivity contribution in [3.63, 3.8) is 0 Å². The highest BCUT2D eigenvalue weighted by atomic mass is 16.5. The van der Waals surface area contributed by atoms with Gasteiger partial charge in [0.05, 0.1) is 5.41 Å². The number of nitrogens with one attached hydrogen (secondary N) is 1. The zero-order chi connectivity index (χ0) is 13.6. The van der Waals surface area contributed by atoms with Gasteiger partial charge < -0.3 is 20.9 Å². The summed E-state index contributed by atoms with van der Waals surface area (Å²) in [7, 11) is 0. The van der Waals surface area contributed by atoms with Crippen molar-refractivity contribution >= 4 is 11.9 Å². The fourth-order valence-electron chi connectivity index (χ4n) is 2.14. The lowest BCUT2D eigenvalue weighted by Crippen LogP contribution is -2.53. The lowest BCUT2D eigenvalue weighted by Gasteiger charge is -2.35. The molecule has 1 fully saturated rings. The Morgan fingerprint density at radius 3 is 2.50 bits per heavy atom. The molecule has 0 aromatic heterocycles. The normalized spacial score (nSPS) is 20.1. The van der Waals surface area contributed by atoms with Crippen LogP contribution in [0.5, 0.6) is 0 Å². The number of rotatable bonds is 6. The third-order valence-corrected chi connectivity index (χ3v) is 3.50. The summed E-state index contributed by atoms with van der Waals surface area (Å²) in [5.74, 6) is -1.25. The summed E-state index contributed by atoms with van der Waals surface area (Å²) in [5, 5.41) is 11.6. The van der Waals surface area contributed by atoms with E-state index >= 15 is 0 Å². The Morgan fingerprint density at radius 2 is 2.06 bits per heavy atom. The fraction of sp³-hybridized carbons (Fsp3) is 0.833. The molecule has 0 bridgehead atoms. The number of carbonyl (C=O) groups is 2. The van der Waals surface area contributed by atoms with Crippen molar-refractivity contribution in [3.8, 4) is 0 Å². The van der Waals surface area contributed by atoms with Crippen molar-refractivity contribution in [2.45, 2.75) is 38.6 Å². The van der Waals surface area contributed by atoms with Crippen LogP contribution >= 0.6 is 0 Å². The van der Waals surface area contributed by atoms with E-state index in [9.17, 15) is 9.59 Å². The highest BCUT2D eigenvalue weighted by Gasteiger charge is 2.40. The van der Waals surface area contributed by atoms with Crippen LogP contribution in [0.3, 0.4) is 0 Å². The Kier molecular flexibility index (Phi) is 5.55. The second kappa shape index (κ2) is 6.70. The first kappa shape index (κ1) is 14.9. The summed E-state index contributed by atoms with van der Waals surface area (Å²) in [4.78, 5) is 23.3. The number of hydrogen-bond donors (Lipinski definition) is 3. The van der Waals surface area contributed by atoms with Crippen LogP contribution in [-0.2, 0) is 14.3 Å². The van der Waals surface area contributed by atoms with Gasteiger partial charge in [-0.3, -0.25) is 4.79 Å². The molecule has 6 heteroatoms. The van der Waals surface area contributed by atoms with Crippen LogP contribution in [0.1, 0.15) is 32.6 Å². The zero-order valence-corrected chi connectivity index (χ0v) is 10.8. The Balaban J connectivity index is 2.68. The van der Waals surface area contributed by atoms with Gasteiger partial charge in [-0.15, -0.1) is 0 Å². The smallest absolute Gasteiger partial charge is 0.326 e. The standard InChI is InChI=1S/C12H22N2O4/c1-2-3-9(10(15)16)14-11(17)12(8-13)4-6-18-7-5-12/h9H,2-8,13H2,1H3,(H,14,17)(H,15,16)/t9-/m1/s1. The van der Waals surface area contributed by atoms with E-state index in [1.165, 1.54) is 0 Å². The molecule has 1 atom stereocenters. The van der Waals surface area contributed by atoms with Gasteiger partial charge in [0.2, 0.25) is 5.91 Å². The SMILES string of the molecule is CCC[C@@H](NC(=O)C1(CN)CCOCC1)C(=O)O. The lowest BCUT2D eigenvalue weighted by molar-refractivity contribution is -0.145. The molecule has 4 N–H and O–H groups in total. The largest absolute Gasteiger partial charge is 0.480 e. The summed E-state index contributed by atoms with van der Waals surface area (Å²) in [6.07, 6.45) is 2.23.